The van der Waals surface area contributed by atoms with Crippen molar-refractivity contribution in [3.63, 3.8) is 0 Å². The van der Waals surface area contributed by atoms with Crippen LogP contribution in [0.15, 0.2) is 72.8 Å². The number of carboxylic acids is 1. The van der Waals surface area contributed by atoms with E-state index in [0.29, 0.717) is 10.8 Å². The van der Waals surface area contributed by atoms with E-state index in [1.54, 1.807) is 18.2 Å². The Hall–Kier alpha value is -2.78. The molecule has 132 valence electrons. The van der Waals surface area contributed by atoms with Gasteiger partial charge in [-0.25, -0.2) is 4.79 Å². The van der Waals surface area contributed by atoms with Crippen molar-refractivity contribution >= 4 is 17.6 Å². The molecule has 0 unspecified atom stereocenters. The lowest BCUT2D eigenvalue weighted by molar-refractivity contribution is -0.145. The van der Waals surface area contributed by atoms with Gasteiger partial charge in [-0.2, -0.15) is 0 Å². The van der Waals surface area contributed by atoms with Crippen LogP contribution in [0.3, 0.4) is 0 Å². The minimum atomic E-state index is -1.01. The third kappa shape index (κ3) is 4.44. The minimum absolute atomic E-state index is 0.246. The summed E-state index contributed by atoms with van der Waals surface area (Å²) in [7, 11) is 0. The Labute approximate surface area is 157 Å². The molecule has 0 saturated heterocycles. The van der Waals surface area contributed by atoms with Crippen LogP contribution >= 0.6 is 11.6 Å². The molecular weight excluding hydrogens is 348 g/mol. The highest BCUT2D eigenvalue weighted by Crippen LogP contribution is 2.24. The monoisotopic (exact) mass is 366 g/mol. The number of aryl methyl sites for hydroxylation is 1. The lowest BCUT2D eigenvalue weighted by atomic mass is 10.1. The molecule has 0 radical (unpaired) electrons. The van der Waals surface area contributed by atoms with E-state index >= 15 is 0 Å². The van der Waals surface area contributed by atoms with E-state index in [-0.39, 0.29) is 6.42 Å². The van der Waals surface area contributed by atoms with Crippen molar-refractivity contribution in [3.8, 4) is 16.9 Å². The lowest BCUT2D eigenvalue weighted by Gasteiger charge is -2.16. The van der Waals surface area contributed by atoms with E-state index in [9.17, 15) is 9.90 Å². The summed E-state index contributed by atoms with van der Waals surface area (Å²) in [6.07, 6.45) is -0.730. The van der Waals surface area contributed by atoms with Crippen LogP contribution in [0.4, 0.5) is 0 Å². The first kappa shape index (κ1) is 18.0. The van der Waals surface area contributed by atoms with E-state index in [1.807, 2.05) is 61.5 Å². The van der Waals surface area contributed by atoms with Crippen molar-refractivity contribution < 1.29 is 14.6 Å². The highest BCUT2D eigenvalue weighted by Gasteiger charge is 2.20. The summed E-state index contributed by atoms with van der Waals surface area (Å²) < 4.78 is 5.70. The first-order chi connectivity index (χ1) is 12.5. The maximum atomic E-state index is 11.6. The van der Waals surface area contributed by atoms with Gasteiger partial charge in [-0.1, -0.05) is 66.2 Å². The van der Waals surface area contributed by atoms with Crippen LogP contribution in [0.2, 0.25) is 5.02 Å². The molecule has 0 aliphatic carbocycles. The Morgan fingerprint density at radius 1 is 1.00 bits per heavy atom. The molecule has 0 heterocycles. The molecule has 3 rings (SSSR count). The fourth-order valence-electron chi connectivity index (χ4n) is 2.68. The van der Waals surface area contributed by atoms with Crippen LogP contribution in [0.25, 0.3) is 11.1 Å². The predicted molar refractivity (Wildman–Crippen MR) is 104 cm³/mol. The third-order valence-corrected chi connectivity index (χ3v) is 4.58. The second-order valence-corrected chi connectivity index (χ2v) is 6.53. The number of hydrogen-bond donors (Lipinski definition) is 1. The number of benzene rings is 3. The summed E-state index contributed by atoms with van der Waals surface area (Å²) in [4.78, 5) is 11.6. The molecule has 0 saturated carbocycles. The van der Waals surface area contributed by atoms with Crippen molar-refractivity contribution in [3.05, 3.63) is 88.9 Å². The summed E-state index contributed by atoms with van der Waals surface area (Å²) in [5.74, 6) is -0.482. The van der Waals surface area contributed by atoms with Gasteiger partial charge in [-0.15, -0.1) is 0 Å². The Morgan fingerprint density at radius 2 is 1.65 bits per heavy atom. The highest BCUT2D eigenvalue weighted by atomic mass is 35.5. The van der Waals surface area contributed by atoms with Gasteiger partial charge in [-0.3, -0.25) is 0 Å². The van der Waals surface area contributed by atoms with Crippen LogP contribution < -0.4 is 4.74 Å². The summed E-state index contributed by atoms with van der Waals surface area (Å²) in [5.41, 5.74) is 3.94. The van der Waals surface area contributed by atoms with Crippen LogP contribution in [-0.2, 0) is 11.2 Å². The summed E-state index contributed by atoms with van der Waals surface area (Å²) >= 11 is 6.12. The minimum Gasteiger partial charge on any atom is -0.478 e. The van der Waals surface area contributed by atoms with Crippen molar-refractivity contribution in [2.45, 2.75) is 19.4 Å². The number of carboxylic acid groups (broad SMARTS) is 1. The number of carbonyl (C=O) groups is 1. The van der Waals surface area contributed by atoms with Gasteiger partial charge in [0.2, 0.25) is 0 Å². The fourth-order valence-corrected chi connectivity index (χ4v) is 2.88. The van der Waals surface area contributed by atoms with Gasteiger partial charge in [0.05, 0.1) is 0 Å². The van der Waals surface area contributed by atoms with Gasteiger partial charge in [-0.05, 0) is 47.4 Å². The molecule has 3 aromatic rings. The SMILES string of the molecule is Cc1ccc(C[C@H](Oc2ccc(-c3ccccc3)cc2)C(=O)O)cc1Cl. The standard InChI is InChI=1S/C22H19ClO3/c1-15-7-8-16(13-20(15)23)14-21(22(24)25)26-19-11-9-18(10-12-19)17-5-3-2-4-6-17/h2-13,21H,14H2,1H3,(H,24,25)/t21-/m0/s1. The van der Waals surface area contributed by atoms with E-state index in [4.69, 9.17) is 16.3 Å². The Morgan fingerprint density at radius 3 is 2.27 bits per heavy atom. The highest BCUT2D eigenvalue weighted by molar-refractivity contribution is 6.31. The first-order valence-electron chi connectivity index (χ1n) is 8.33. The molecule has 1 atom stereocenters. The zero-order chi connectivity index (χ0) is 18.5. The Bertz CT molecular complexity index is 889. The van der Waals surface area contributed by atoms with Gasteiger partial charge < -0.3 is 9.84 Å². The Kier molecular flexibility index (Phi) is 5.59. The van der Waals surface area contributed by atoms with Crippen LogP contribution in [0.1, 0.15) is 11.1 Å². The van der Waals surface area contributed by atoms with Gasteiger partial charge in [0.15, 0.2) is 6.10 Å². The molecule has 0 spiro atoms. The molecule has 0 fully saturated rings. The van der Waals surface area contributed by atoms with Crippen molar-refractivity contribution in [2.75, 3.05) is 0 Å². The first-order valence-corrected chi connectivity index (χ1v) is 8.71. The van der Waals surface area contributed by atoms with Crippen LogP contribution in [0, 0.1) is 6.92 Å². The van der Waals surface area contributed by atoms with Crippen molar-refractivity contribution in [1.82, 2.24) is 0 Å². The maximum absolute atomic E-state index is 11.6. The normalized spacial score (nSPS) is 11.8. The quantitative estimate of drug-likeness (QED) is 0.636. The molecule has 0 bridgehead atoms. The fraction of sp³-hybridized carbons (Fsp3) is 0.136. The van der Waals surface area contributed by atoms with Gasteiger partial charge in [0.1, 0.15) is 5.75 Å². The molecule has 0 aliphatic rings. The average Bonchev–Trinajstić information content (AvgIpc) is 2.65. The number of halogens is 1. The third-order valence-electron chi connectivity index (χ3n) is 4.17. The summed E-state index contributed by atoms with van der Waals surface area (Å²) in [6, 6.07) is 22.9. The van der Waals surface area contributed by atoms with Gasteiger partial charge in [0.25, 0.3) is 0 Å². The van der Waals surface area contributed by atoms with Crippen molar-refractivity contribution in [1.29, 1.82) is 0 Å². The van der Waals surface area contributed by atoms with Crippen molar-refractivity contribution in [2.24, 2.45) is 0 Å². The maximum Gasteiger partial charge on any atom is 0.345 e. The number of rotatable bonds is 6. The average molecular weight is 367 g/mol. The van der Waals surface area contributed by atoms with E-state index in [0.717, 1.165) is 22.3 Å². The molecule has 4 heteroatoms. The topological polar surface area (TPSA) is 46.5 Å². The Balaban J connectivity index is 1.73. The van der Waals surface area contributed by atoms with E-state index in [1.165, 1.54) is 0 Å². The van der Waals surface area contributed by atoms with Crippen LogP contribution in [-0.4, -0.2) is 17.2 Å². The smallest absolute Gasteiger partial charge is 0.345 e. The summed E-state index contributed by atoms with van der Waals surface area (Å²) in [5, 5.41) is 10.1. The molecular formula is C22H19ClO3. The summed E-state index contributed by atoms with van der Waals surface area (Å²) in [6.45, 7) is 1.91. The molecule has 1 N–H and O–H groups in total. The number of hydrogen-bond acceptors (Lipinski definition) is 2. The predicted octanol–water partition coefficient (Wildman–Crippen LogP) is 5.39. The van der Waals surface area contributed by atoms with E-state index in [2.05, 4.69) is 0 Å². The molecule has 0 amide bonds. The molecule has 3 nitrogen and oxygen atoms in total. The van der Waals surface area contributed by atoms with Crippen LogP contribution in [0.5, 0.6) is 5.75 Å². The van der Waals surface area contributed by atoms with Gasteiger partial charge in [0, 0.05) is 11.4 Å². The number of ether oxygens (including phenoxy) is 1. The zero-order valence-electron chi connectivity index (χ0n) is 14.4. The second kappa shape index (κ2) is 8.07. The number of aliphatic carboxylic acids is 1. The second-order valence-electron chi connectivity index (χ2n) is 6.12. The van der Waals surface area contributed by atoms with Gasteiger partial charge >= 0.3 is 5.97 Å². The molecule has 0 aliphatic heterocycles. The largest absolute Gasteiger partial charge is 0.478 e. The molecule has 3 aromatic carbocycles. The molecule has 0 aromatic heterocycles. The lowest BCUT2D eigenvalue weighted by Crippen LogP contribution is -2.29. The zero-order valence-corrected chi connectivity index (χ0v) is 15.1. The van der Waals surface area contributed by atoms with E-state index < -0.39 is 12.1 Å². The molecule has 26 heavy (non-hydrogen) atoms.